The van der Waals surface area contributed by atoms with Gasteiger partial charge in [-0.25, -0.2) is 4.79 Å². The third kappa shape index (κ3) is 7.18. The Hall–Kier alpha value is -2.49. The highest BCUT2D eigenvalue weighted by molar-refractivity contribution is 5.94. The molecular formula is C16H23F3N3O4+. The molecule has 3 N–H and O–H groups in total. The number of imide groups is 1. The quantitative estimate of drug-likeness (QED) is 0.642. The first-order valence-electron chi connectivity index (χ1n) is 7.73. The maximum atomic E-state index is 12.0. The number of carbonyl (C=O) groups is 2. The van der Waals surface area contributed by atoms with Crippen molar-refractivity contribution < 1.29 is 37.1 Å². The molecule has 10 heteroatoms. The number of aryl methyl sites for hydroxylation is 1. The van der Waals surface area contributed by atoms with Crippen LogP contribution in [-0.4, -0.2) is 52.5 Å². The molecule has 0 aliphatic heterocycles. The van der Waals surface area contributed by atoms with E-state index in [1.165, 1.54) is 14.2 Å². The van der Waals surface area contributed by atoms with E-state index in [2.05, 4.69) is 0 Å². The standard InChI is InChI=1S/C16H22F3N3O4/c1-10-5-12(25-3)13(26-4)6-11(10)7-22(2)8-14(23)21-15(24)20-9-16(17,18)19/h5-6H,7-9H2,1-4H3,(H2,20,21,23,24)/p+1. The number of carbonyl (C=O) groups excluding carboxylic acids is 2. The molecule has 7 nitrogen and oxygen atoms in total. The van der Waals surface area contributed by atoms with Crippen LogP contribution in [-0.2, 0) is 11.3 Å². The molecule has 146 valence electrons. The minimum atomic E-state index is -4.53. The summed E-state index contributed by atoms with van der Waals surface area (Å²) in [5.74, 6) is 0.461. The van der Waals surface area contributed by atoms with Crippen molar-refractivity contribution in [3.63, 3.8) is 0 Å². The molecule has 0 aliphatic rings. The van der Waals surface area contributed by atoms with Crippen LogP contribution in [0.3, 0.4) is 0 Å². The maximum absolute atomic E-state index is 12.0. The predicted octanol–water partition coefficient (Wildman–Crippen LogP) is 0.415. The molecule has 1 aromatic rings. The topological polar surface area (TPSA) is 81.1 Å². The number of hydrogen-bond acceptors (Lipinski definition) is 4. The van der Waals surface area contributed by atoms with E-state index in [1.807, 2.05) is 18.3 Å². The van der Waals surface area contributed by atoms with Crippen LogP contribution in [0.2, 0.25) is 0 Å². The summed E-state index contributed by atoms with van der Waals surface area (Å²) in [6.07, 6.45) is -4.53. The predicted molar refractivity (Wildman–Crippen MR) is 87.3 cm³/mol. The number of rotatable bonds is 7. The van der Waals surface area contributed by atoms with Crippen molar-refractivity contribution in [2.75, 3.05) is 34.4 Å². The number of alkyl halides is 3. The lowest BCUT2D eigenvalue weighted by molar-refractivity contribution is -0.885. The number of hydrogen-bond donors (Lipinski definition) is 3. The van der Waals surface area contributed by atoms with E-state index >= 15 is 0 Å². The molecule has 1 atom stereocenters. The third-order valence-corrected chi connectivity index (χ3v) is 3.50. The van der Waals surface area contributed by atoms with Crippen LogP contribution >= 0.6 is 0 Å². The number of likely N-dealkylation sites (N-methyl/N-ethyl adjacent to an activating group) is 1. The van der Waals surface area contributed by atoms with E-state index in [1.54, 1.807) is 18.4 Å². The fourth-order valence-corrected chi connectivity index (χ4v) is 2.27. The lowest BCUT2D eigenvalue weighted by atomic mass is 10.1. The van der Waals surface area contributed by atoms with E-state index in [4.69, 9.17) is 9.47 Å². The fraction of sp³-hybridized carbons (Fsp3) is 0.500. The van der Waals surface area contributed by atoms with E-state index in [9.17, 15) is 22.8 Å². The van der Waals surface area contributed by atoms with Crippen LogP contribution in [0.5, 0.6) is 11.5 Å². The van der Waals surface area contributed by atoms with Gasteiger partial charge in [-0.1, -0.05) is 0 Å². The third-order valence-electron chi connectivity index (χ3n) is 3.50. The number of amides is 3. The van der Waals surface area contributed by atoms with Crippen molar-refractivity contribution in [3.05, 3.63) is 23.3 Å². The zero-order valence-electron chi connectivity index (χ0n) is 15.0. The van der Waals surface area contributed by atoms with Gasteiger partial charge in [0.1, 0.15) is 13.1 Å². The van der Waals surface area contributed by atoms with Gasteiger partial charge in [-0.2, -0.15) is 13.2 Å². The van der Waals surface area contributed by atoms with Gasteiger partial charge >= 0.3 is 12.2 Å². The molecule has 1 aromatic carbocycles. The van der Waals surface area contributed by atoms with Gasteiger partial charge in [-0.05, 0) is 24.6 Å². The van der Waals surface area contributed by atoms with E-state index < -0.39 is 24.7 Å². The van der Waals surface area contributed by atoms with Gasteiger partial charge in [0.25, 0.3) is 5.91 Å². The van der Waals surface area contributed by atoms with Crippen LogP contribution in [0, 0.1) is 6.92 Å². The lowest BCUT2D eigenvalue weighted by Crippen LogP contribution is -3.09. The first-order valence-corrected chi connectivity index (χ1v) is 7.73. The number of halogens is 3. The number of methoxy groups -OCH3 is 2. The average Bonchev–Trinajstić information content (AvgIpc) is 2.53. The van der Waals surface area contributed by atoms with Gasteiger partial charge in [0.2, 0.25) is 0 Å². The monoisotopic (exact) mass is 378 g/mol. The first-order chi connectivity index (χ1) is 12.1. The van der Waals surface area contributed by atoms with Crippen molar-refractivity contribution in [3.8, 4) is 11.5 Å². The Kier molecular flexibility index (Phi) is 7.69. The largest absolute Gasteiger partial charge is 0.493 e. The van der Waals surface area contributed by atoms with E-state index in [0.717, 1.165) is 16.0 Å². The highest BCUT2D eigenvalue weighted by atomic mass is 19.4. The molecular weight excluding hydrogens is 355 g/mol. The second-order valence-corrected chi connectivity index (χ2v) is 5.79. The van der Waals surface area contributed by atoms with E-state index in [0.29, 0.717) is 18.0 Å². The minimum Gasteiger partial charge on any atom is -0.493 e. The van der Waals surface area contributed by atoms with Crippen molar-refractivity contribution >= 4 is 11.9 Å². The molecule has 1 rings (SSSR count). The summed E-state index contributed by atoms with van der Waals surface area (Å²) in [4.78, 5) is 23.8. The molecule has 0 saturated carbocycles. The summed E-state index contributed by atoms with van der Waals surface area (Å²) in [5, 5.41) is 3.45. The van der Waals surface area contributed by atoms with Gasteiger partial charge in [0.15, 0.2) is 18.0 Å². The average molecular weight is 378 g/mol. The molecule has 0 saturated heterocycles. The summed E-state index contributed by atoms with van der Waals surface area (Å²) in [7, 11) is 4.77. The second-order valence-electron chi connectivity index (χ2n) is 5.79. The lowest BCUT2D eigenvalue weighted by Gasteiger charge is -2.17. The Labute approximate surface area is 149 Å². The van der Waals surface area contributed by atoms with E-state index in [-0.39, 0.29) is 6.54 Å². The maximum Gasteiger partial charge on any atom is 0.405 e. The number of urea groups is 1. The van der Waals surface area contributed by atoms with Gasteiger partial charge < -0.3 is 19.7 Å². The fourth-order valence-electron chi connectivity index (χ4n) is 2.27. The second kappa shape index (κ2) is 9.27. The zero-order chi connectivity index (χ0) is 19.9. The minimum absolute atomic E-state index is 0.0901. The van der Waals surface area contributed by atoms with Gasteiger partial charge in [-0.3, -0.25) is 10.1 Å². The zero-order valence-corrected chi connectivity index (χ0v) is 15.0. The van der Waals surface area contributed by atoms with Crippen molar-refractivity contribution in [2.45, 2.75) is 19.6 Å². The van der Waals surface area contributed by atoms with Crippen LogP contribution < -0.4 is 25.0 Å². The molecule has 3 amide bonds. The highest BCUT2D eigenvalue weighted by Gasteiger charge is 2.28. The summed E-state index contributed by atoms with van der Waals surface area (Å²) in [6, 6.07) is 2.43. The Bertz CT molecular complexity index is 650. The molecule has 26 heavy (non-hydrogen) atoms. The smallest absolute Gasteiger partial charge is 0.405 e. The Morgan fingerprint density at radius 3 is 2.27 bits per heavy atom. The molecule has 0 fully saturated rings. The summed E-state index contributed by atoms with van der Waals surface area (Å²) >= 11 is 0. The highest BCUT2D eigenvalue weighted by Crippen LogP contribution is 2.29. The molecule has 0 heterocycles. The molecule has 0 bridgehead atoms. The number of ether oxygens (including phenoxy) is 2. The number of nitrogens with one attached hydrogen (secondary N) is 3. The molecule has 0 aliphatic carbocycles. The van der Waals surface area contributed by atoms with Crippen LogP contribution in [0.15, 0.2) is 12.1 Å². The Morgan fingerprint density at radius 1 is 1.15 bits per heavy atom. The number of quaternary nitrogens is 1. The van der Waals surface area contributed by atoms with Gasteiger partial charge in [0, 0.05) is 5.56 Å². The molecule has 0 spiro atoms. The molecule has 0 aromatic heterocycles. The first kappa shape index (κ1) is 21.6. The van der Waals surface area contributed by atoms with Crippen LogP contribution in [0.4, 0.5) is 18.0 Å². The molecule has 1 unspecified atom stereocenters. The summed E-state index contributed by atoms with van der Waals surface area (Å²) < 4.78 is 46.5. The normalized spacial score (nSPS) is 12.3. The Morgan fingerprint density at radius 2 is 1.73 bits per heavy atom. The van der Waals surface area contributed by atoms with Crippen LogP contribution in [0.1, 0.15) is 11.1 Å². The summed E-state index contributed by atoms with van der Waals surface area (Å²) in [6.45, 7) is 0.742. The Balaban J connectivity index is 2.59. The molecule has 0 radical (unpaired) electrons. The number of benzene rings is 1. The van der Waals surface area contributed by atoms with Gasteiger partial charge in [0.05, 0.1) is 21.3 Å². The van der Waals surface area contributed by atoms with Crippen molar-refractivity contribution in [2.24, 2.45) is 0 Å². The van der Waals surface area contributed by atoms with Crippen molar-refractivity contribution in [1.29, 1.82) is 0 Å². The van der Waals surface area contributed by atoms with Gasteiger partial charge in [-0.15, -0.1) is 0 Å². The van der Waals surface area contributed by atoms with Crippen LogP contribution in [0.25, 0.3) is 0 Å². The van der Waals surface area contributed by atoms with Crippen molar-refractivity contribution in [1.82, 2.24) is 10.6 Å². The SMILES string of the molecule is COc1cc(C)c(C[NH+](C)CC(=O)NC(=O)NCC(F)(F)F)cc1OC. The summed E-state index contributed by atoms with van der Waals surface area (Å²) in [5.41, 5.74) is 1.85.